The van der Waals surface area contributed by atoms with E-state index in [1.54, 1.807) is 0 Å². The van der Waals surface area contributed by atoms with Crippen molar-refractivity contribution >= 4 is 13.9 Å². The van der Waals surface area contributed by atoms with Crippen molar-refractivity contribution in [3.8, 4) is 0 Å². The van der Waals surface area contributed by atoms with E-state index in [4.69, 9.17) is 13.8 Å². The highest BCUT2D eigenvalue weighted by atomic mass is 31.2. The minimum Gasteiger partial charge on any atom is -0.446 e. The van der Waals surface area contributed by atoms with E-state index in [0.717, 1.165) is 54.8 Å². The van der Waals surface area contributed by atoms with Crippen LogP contribution >= 0.6 is 7.82 Å². The molecule has 4 unspecified atom stereocenters. The average molecular weight is 640 g/mol. The van der Waals surface area contributed by atoms with E-state index in [9.17, 15) is 14.3 Å². The number of nitrogens with one attached hydrogen (secondary N) is 1. The molecule has 0 spiro atoms. The second-order valence-electron chi connectivity index (χ2n) is 16.6. The van der Waals surface area contributed by atoms with Crippen LogP contribution in [0.4, 0.5) is 4.79 Å². The Bertz CT molecular complexity index is 1060. The molecule has 1 amide bonds. The van der Waals surface area contributed by atoms with E-state index in [-0.39, 0.29) is 31.3 Å². The van der Waals surface area contributed by atoms with E-state index < -0.39 is 13.9 Å². The van der Waals surface area contributed by atoms with Gasteiger partial charge < -0.3 is 19.4 Å². The average Bonchev–Trinajstić information content (AvgIpc) is 3.27. The first-order chi connectivity index (χ1) is 20.5. The van der Waals surface area contributed by atoms with Gasteiger partial charge in [-0.1, -0.05) is 65.5 Å². The number of phosphoric ester groups is 1. The lowest BCUT2D eigenvalue weighted by Crippen LogP contribution is -2.51. The summed E-state index contributed by atoms with van der Waals surface area (Å²) >= 11 is 0. The number of nitrogens with zero attached hydrogens (tertiary/aromatic N) is 1. The van der Waals surface area contributed by atoms with Gasteiger partial charge in [0.25, 0.3) is 0 Å². The van der Waals surface area contributed by atoms with E-state index in [1.165, 1.54) is 56.9 Å². The van der Waals surface area contributed by atoms with Gasteiger partial charge in [0.1, 0.15) is 19.3 Å². The van der Waals surface area contributed by atoms with Crippen LogP contribution in [0.1, 0.15) is 105 Å². The van der Waals surface area contributed by atoms with Gasteiger partial charge in [0.2, 0.25) is 0 Å². The van der Waals surface area contributed by atoms with Gasteiger partial charge in [-0.3, -0.25) is 9.05 Å². The molecule has 254 valence electrons. The first-order valence-electron chi connectivity index (χ1n) is 17.6. The number of alkyl carbamates (subject to hydrolysis) is 1. The fraction of sp³-hybridized carbons (Fsp3) is 0.914. The Balaban J connectivity index is 1.24. The molecule has 0 aromatic heterocycles. The predicted molar refractivity (Wildman–Crippen MR) is 176 cm³/mol. The van der Waals surface area contributed by atoms with Crippen LogP contribution in [0.15, 0.2) is 11.6 Å². The van der Waals surface area contributed by atoms with Gasteiger partial charge in [-0.25, -0.2) is 9.36 Å². The Morgan fingerprint density at radius 2 is 1.77 bits per heavy atom. The van der Waals surface area contributed by atoms with E-state index in [0.29, 0.717) is 16.4 Å². The number of carbonyl (C=O) groups excluding carboxylic acids is 1. The third-order valence-electron chi connectivity index (χ3n) is 12.2. The van der Waals surface area contributed by atoms with Crippen LogP contribution in [0, 0.1) is 46.3 Å². The highest BCUT2D eigenvalue weighted by molar-refractivity contribution is 7.47. The molecule has 3 saturated carbocycles. The van der Waals surface area contributed by atoms with Crippen molar-refractivity contribution in [2.45, 2.75) is 111 Å². The zero-order valence-corrected chi connectivity index (χ0v) is 30.0. The maximum absolute atomic E-state index is 12.6. The van der Waals surface area contributed by atoms with Crippen LogP contribution in [-0.4, -0.2) is 69.0 Å². The van der Waals surface area contributed by atoms with Gasteiger partial charge >= 0.3 is 13.9 Å². The number of quaternary nitrogens is 1. The first-order valence-corrected chi connectivity index (χ1v) is 19.1. The summed E-state index contributed by atoms with van der Waals surface area (Å²) in [5.41, 5.74) is 2.20. The molecule has 0 radical (unpaired) electrons. The third-order valence-corrected chi connectivity index (χ3v) is 13.2. The normalized spacial score (nSPS) is 35.6. The molecule has 4 aliphatic carbocycles. The van der Waals surface area contributed by atoms with E-state index >= 15 is 0 Å². The molecule has 2 N–H and O–H groups in total. The predicted octanol–water partition coefficient (Wildman–Crippen LogP) is 7.96. The summed E-state index contributed by atoms with van der Waals surface area (Å²) in [6.07, 6.45) is 15.5. The lowest BCUT2D eigenvalue weighted by atomic mass is 9.47. The van der Waals surface area contributed by atoms with Crippen LogP contribution < -0.4 is 5.32 Å². The summed E-state index contributed by atoms with van der Waals surface area (Å²) in [5, 5.41) is 2.67. The van der Waals surface area contributed by atoms with E-state index in [1.807, 2.05) is 21.1 Å². The molecule has 0 aromatic rings. The Kier molecular flexibility index (Phi) is 11.8. The summed E-state index contributed by atoms with van der Waals surface area (Å²) in [6.45, 7) is 13.0. The van der Waals surface area contributed by atoms with Gasteiger partial charge in [0.15, 0.2) is 0 Å². The Morgan fingerprint density at radius 3 is 2.48 bits per heavy atom. The quantitative estimate of drug-likeness (QED) is 0.0867. The fourth-order valence-electron chi connectivity index (χ4n) is 9.73. The van der Waals surface area contributed by atoms with E-state index in [2.05, 4.69) is 46.0 Å². The maximum Gasteiger partial charge on any atom is 0.472 e. The van der Waals surface area contributed by atoms with Crippen LogP contribution in [0.5, 0.6) is 0 Å². The Hall–Kier alpha value is -0.920. The van der Waals surface area contributed by atoms with Crippen molar-refractivity contribution in [1.82, 2.24) is 5.32 Å². The molecule has 44 heavy (non-hydrogen) atoms. The second kappa shape index (κ2) is 14.5. The summed E-state index contributed by atoms with van der Waals surface area (Å²) < 4.78 is 28.5. The van der Waals surface area contributed by atoms with Gasteiger partial charge in [-0.05, 0) is 91.3 Å². The molecular formula is C35H64N2O6P+. The number of phosphoric acid groups is 1. The van der Waals surface area contributed by atoms with Crippen molar-refractivity contribution < 1.29 is 32.5 Å². The second-order valence-corrected chi connectivity index (χ2v) is 18.1. The number of carbonyl (C=O) groups is 1. The minimum atomic E-state index is -4.15. The molecule has 9 heteroatoms. The monoisotopic (exact) mass is 639 g/mol. The molecule has 0 aliphatic heterocycles. The lowest BCUT2D eigenvalue weighted by Gasteiger charge is -2.58. The summed E-state index contributed by atoms with van der Waals surface area (Å²) in [7, 11) is 1.78. The number of hydrogen-bond donors (Lipinski definition) is 2. The van der Waals surface area contributed by atoms with Crippen LogP contribution in [0.2, 0.25) is 0 Å². The minimum absolute atomic E-state index is 0.0798. The smallest absolute Gasteiger partial charge is 0.446 e. The Labute approximate surface area is 268 Å². The zero-order chi connectivity index (χ0) is 32.3. The maximum atomic E-state index is 12.6. The SMILES string of the molecule is CC(C)CCC[C@@H](C)[C@H]1CCC2C3CC=C4C[C@@H](OC(=O)NCCOP(=O)(O)OCC[N+](C)(C)C)CC[C@]4(C)C3CC[C@@]21C. The summed E-state index contributed by atoms with van der Waals surface area (Å²) in [4.78, 5) is 22.4. The number of likely N-dealkylation sites (N-methyl/N-ethyl adjacent to an activating group) is 1. The molecule has 0 heterocycles. The number of rotatable bonds is 14. The number of fused-ring (bicyclic) bond motifs is 5. The van der Waals surface area contributed by atoms with Crippen molar-refractivity contribution in [1.29, 1.82) is 0 Å². The fourth-order valence-corrected chi connectivity index (χ4v) is 10.4. The molecule has 3 fully saturated rings. The number of hydrogen-bond acceptors (Lipinski definition) is 5. The third kappa shape index (κ3) is 8.70. The molecule has 9 atom stereocenters. The van der Waals surface area contributed by atoms with Crippen LogP contribution in [0.25, 0.3) is 0 Å². The molecular weight excluding hydrogens is 575 g/mol. The highest BCUT2D eigenvalue weighted by Gasteiger charge is 2.59. The number of amides is 1. The number of allylic oxidation sites excluding steroid dienone is 1. The topological polar surface area (TPSA) is 94.1 Å². The molecule has 4 rings (SSSR count). The summed E-state index contributed by atoms with van der Waals surface area (Å²) in [5.74, 6) is 4.87. The molecule has 0 saturated heterocycles. The molecule has 4 aliphatic rings. The van der Waals surface area contributed by atoms with Crippen molar-refractivity contribution in [2.75, 3.05) is 47.4 Å². The largest absolute Gasteiger partial charge is 0.472 e. The van der Waals surface area contributed by atoms with Crippen LogP contribution in [-0.2, 0) is 18.3 Å². The van der Waals surface area contributed by atoms with Gasteiger partial charge in [-0.15, -0.1) is 0 Å². The van der Waals surface area contributed by atoms with Crippen molar-refractivity contribution in [2.24, 2.45) is 46.3 Å². The first kappa shape index (κ1) is 35.9. The molecule has 8 nitrogen and oxygen atoms in total. The lowest BCUT2D eigenvalue weighted by molar-refractivity contribution is -0.870. The standard InChI is InChI=1S/C35H63N2O6P/c1-25(2)10-9-11-26(3)30-14-15-31-29-13-12-27-24-28(16-18-34(27,4)32(29)17-19-35(30,31)5)43-33(38)36-20-22-41-44(39,40)42-23-21-37(6,7)8/h12,25-26,28-32H,9-11,13-24H2,1-8H3,(H-,36,38,39,40)/p+1/t26-,28+,29?,30-,31?,32?,34+,35-/m1/s1. The Morgan fingerprint density at radius 1 is 1.05 bits per heavy atom. The molecule has 0 aromatic carbocycles. The van der Waals surface area contributed by atoms with Gasteiger partial charge in [-0.2, -0.15) is 0 Å². The zero-order valence-electron chi connectivity index (χ0n) is 29.1. The number of ether oxygens (including phenoxy) is 1. The van der Waals surface area contributed by atoms with Crippen LogP contribution in [0.3, 0.4) is 0 Å². The van der Waals surface area contributed by atoms with Crippen molar-refractivity contribution in [3.05, 3.63) is 11.6 Å². The molecule has 0 bridgehead atoms. The van der Waals surface area contributed by atoms with Crippen molar-refractivity contribution in [3.63, 3.8) is 0 Å². The summed E-state index contributed by atoms with van der Waals surface area (Å²) in [6, 6.07) is 0. The van der Waals surface area contributed by atoms with Gasteiger partial charge in [0.05, 0.1) is 27.7 Å². The van der Waals surface area contributed by atoms with Gasteiger partial charge in [0, 0.05) is 13.0 Å². The highest BCUT2D eigenvalue weighted by Crippen LogP contribution is 2.67.